The Labute approximate surface area is 110 Å². The van der Waals surface area contributed by atoms with Crippen molar-refractivity contribution in [3.05, 3.63) is 17.9 Å². The second-order valence-corrected chi connectivity index (χ2v) is 5.56. The Morgan fingerprint density at radius 3 is 2.47 bits per heavy atom. The topological polar surface area (TPSA) is 117 Å². The first-order valence-corrected chi connectivity index (χ1v) is 6.75. The first kappa shape index (κ1) is 15.2. The minimum absolute atomic E-state index is 0.00126. The third-order valence-electron chi connectivity index (χ3n) is 2.19. The molecule has 0 spiro atoms. The maximum atomic E-state index is 11.7. The number of nitrogens with one attached hydrogen (secondary N) is 1. The maximum Gasteiger partial charge on any atom is 0.371 e. The molecule has 1 heterocycles. The van der Waals surface area contributed by atoms with E-state index in [4.69, 9.17) is 5.11 Å². The van der Waals surface area contributed by atoms with Gasteiger partial charge in [-0.25, -0.2) is 17.9 Å². The maximum absolute atomic E-state index is 11.7. The average Bonchev–Trinajstić information content (AvgIpc) is 2.78. The van der Waals surface area contributed by atoms with Crippen LogP contribution in [0, 0.1) is 0 Å². The van der Waals surface area contributed by atoms with E-state index in [1.165, 1.54) is 4.90 Å². The van der Waals surface area contributed by atoms with Crippen molar-refractivity contribution in [1.82, 2.24) is 9.62 Å². The van der Waals surface area contributed by atoms with Gasteiger partial charge in [0, 0.05) is 27.1 Å². The molecule has 0 fully saturated rings. The molecule has 1 aromatic heterocycles. The van der Waals surface area contributed by atoms with Gasteiger partial charge in [0.2, 0.25) is 16.8 Å². The summed E-state index contributed by atoms with van der Waals surface area (Å²) in [5, 5.41) is 8.12. The van der Waals surface area contributed by atoms with Crippen LogP contribution in [0.4, 0.5) is 0 Å². The summed E-state index contributed by atoms with van der Waals surface area (Å²) in [6.07, 6.45) is -0.00126. The molecule has 1 amide bonds. The van der Waals surface area contributed by atoms with E-state index in [2.05, 4.69) is 9.14 Å². The van der Waals surface area contributed by atoms with Crippen LogP contribution < -0.4 is 4.72 Å². The third-order valence-corrected chi connectivity index (χ3v) is 3.52. The highest BCUT2D eigenvalue weighted by Gasteiger charge is 2.20. The number of furan rings is 1. The lowest BCUT2D eigenvalue weighted by Crippen LogP contribution is -2.30. The summed E-state index contributed by atoms with van der Waals surface area (Å²) < 4.78 is 30.2. The molecule has 1 rings (SSSR count). The van der Waals surface area contributed by atoms with Crippen molar-refractivity contribution in [3.8, 4) is 0 Å². The van der Waals surface area contributed by atoms with Gasteiger partial charge < -0.3 is 14.4 Å². The van der Waals surface area contributed by atoms with Crippen LogP contribution in [-0.4, -0.2) is 50.9 Å². The highest BCUT2D eigenvalue weighted by molar-refractivity contribution is 7.89. The van der Waals surface area contributed by atoms with E-state index in [0.717, 1.165) is 12.1 Å². The number of rotatable bonds is 6. The Bertz CT molecular complexity index is 575. The van der Waals surface area contributed by atoms with Gasteiger partial charge in [0.05, 0.1) is 0 Å². The lowest BCUT2D eigenvalue weighted by atomic mass is 10.4. The van der Waals surface area contributed by atoms with Gasteiger partial charge in [0.25, 0.3) is 10.0 Å². The number of aromatic carboxylic acids is 1. The van der Waals surface area contributed by atoms with Crippen molar-refractivity contribution in [2.75, 3.05) is 20.6 Å². The van der Waals surface area contributed by atoms with Crippen LogP contribution in [0.2, 0.25) is 0 Å². The summed E-state index contributed by atoms with van der Waals surface area (Å²) in [4.78, 5) is 23.1. The molecule has 0 aliphatic carbocycles. The third kappa shape index (κ3) is 4.07. The molecule has 0 atom stereocenters. The molecule has 0 aliphatic rings. The Balaban J connectivity index is 2.65. The minimum Gasteiger partial charge on any atom is -0.475 e. The van der Waals surface area contributed by atoms with Crippen LogP contribution >= 0.6 is 0 Å². The molecule has 0 unspecified atom stereocenters. The van der Waals surface area contributed by atoms with Crippen molar-refractivity contribution in [2.45, 2.75) is 11.5 Å². The number of carboxylic acid groups (broad SMARTS) is 1. The van der Waals surface area contributed by atoms with Crippen molar-refractivity contribution in [1.29, 1.82) is 0 Å². The molecule has 19 heavy (non-hydrogen) atoms. The zero-order chi connectivity index (χ0) is 14.6. The standard InChI is InChI=1S/C10H14N2O6S/c1-12(2)8(13)5-6-11-19(16,17)9-4-3-7(18-9)10(14)15/h3-4,11H,5-6H2,1-2H3,(H,14,15). The van der Waals surface area contributed by atoms with Crippen molar-refractivity contribution < 1.29 is 27.5 Å². The molecule has 0 aliphatic heterocycles. The number of carbonyl (C=O) groups excluding carboxylic acids is 1. The molecular weight excluding hydrogens is 276 g/mol. The lowest BCUT2D eigenvalue weighted by molar-refractivity contribution is -0.128. The van der Waals surface area contributed by atoms with Crippen LogP contribution in [0.15, 0.2) is 21.6 Å². The van der Waals surface area contributed by atoms with E-state index in [1.807, 2.05) is 0 Å². The molecule has 0 saturated heterocycles. The quantitative estimate of drug-likeness (QED) is 0.745. The minimum atomic E-state index is -3.95. The summed E-state index contributed by atoms with van der Waals surface area (Å²) in [5.41, 5.74) is 0. The Morgan fingerprint density at radius 1 is 1.37 bits per heavy atom. The van der Waals surface area contributed by atoms with E-state index in [1.54, 1.807) is 14.1 Å². The fourth-order valence-electron chi connectivity index (χ4n) is 1.17. The van der Waals surface area contributed by atoms with Gasteiger partial charge in [0.15, 0.2) is 0 Å². The number of hydrogen-bond donors (Lipinski definition) is 2. The SMILES string of the molecule is CN(C)C(=O)CCNS(=O)(=O)c1ccc(C(=O)O)o1. The van der Waals surface area contributed by atoms with Gasteiger partial charge in [0.1, 0.15) is 0 Å². The zero-order valence-corrected chi connectivity index (χ0v) is 11.2. The van der Waals surface area contributed by atoms with Gasteiger partial charge in [-0.3, -0.25) is 4.79 Å². The number of amides is 1. The van der Waals surface area contributed by atoms with Gasteiger partial charge in [-0.05, 0) is 12.1 Å². The fraction of sp³-hybridized carbons (Fsp3) is 0.400. The average molecular weight is 290 g/mol. The van der Waals surface area contributed by atoms with Gasteiger partial charge in [-0.1, -0.05) is 0 Å². The van der Waals surface area contributed by atoms with Crippen LogP contribution in [0.5, 0.6) is 0 Å². The molecule has 8 nitrogen and oxygen atoms in total. The molecule has 0 aromatic carbocycles. The Hall–Kier alpha value is -1.87. The van der Waals surface area contributed by atoms with E-state index in [0.29, 0.717) is 0 Å². The molecule has 0 saturated carbocycles. The molecule has 0 radical (unpaired) electrons. The molecule has 2 N–H and O–H groups in total. The van der Waals surface area contributed by atoms with E-state index >= 15 is 0 Å². The summed E-state index contributed by atoms with van der Waals surface area (Å²) in [6, 6.07) is 2.08. The first-order chi connectivity index (χ1) is 8.74. The summed E-state index contributed by atoms with van der Waals surface area (Å²) in [7, 11) is -0.829. The Kier molecular flexibility index (Phi) is 4.67. The van der Waals surface area contributed by atoms with Gasteiger partial charge in [-0.15, -0.1) is 0 Å². The van der Waals surface area contributed by atoms with Crippen LogP contribution in [-0.2, 0) is 14.8 Å². The predicted molar refractivity (Wildman–Crippen MR) is 64.2 cm³/mol. The number of sulfonamides is 1. The van der Waals surface area contributed by atoms with Gasteiger partial charge >= 0.3 is 5.97 Å². The number of carboxylic acids is 1. The molecule has 106 valence electrons. The molecule has 1 aromatic rings. The van der Waals surface area contributed by atoms with E-state index < -0.39 is 26.8 Å². The highest BCUT2D eigenvalue weighted by atomic mass is 32.2. The monoisotopic (exact) mass is 290 g/mol. The van der Waals surface area contributed by atoms with Gasteiger partial charge in [-0.2, -0.15) is 0 Å². The van der Waals surface area contributed by atoms with E-state index in [9.17, 15) is 18.0 Å². The van der Waals surface area contributed by atoms with E-state index in [-0.39, 0.29) is 18.9 Å². The Morgan fingerprint density at radius 2 is 2.00 bits per heavy atom. The molecular formula is C10H14N2O6S. The van der Waals surface area contributed by atoms with Crippen molar-refractivity contribution in [2.24, 2.45) is 0 Å². The largest absolute Gasteiger partial charge is 0.475 e. The summed E-state index contributed by atoms with van der Waals surface area (Å²) in [5.74, 6) is -2.05. The fourth-order valence-corrected chi connectivity index (χ4v) is 2.13. The number of hydrogen-bond acceptors (Lipinski definition) is 5. The first-order valence-electron chi connectivity index (χ1n) is 5.27. The lowest BCUT2D eigenvalue weighted by Gasteiger charge is -2.10. The second kappa shape index (κ2) is 5.85. The zero-order valence-electron chi connectivity index (χ0n) is 10.4. The predicted octanol–water partition coefficient (Wildman–Crippen LogP) is -0.266. The molecule has 0 bridgehead atoms. The highest BCUT2D eigenvalue weighted by Crippen LogP contribution is 2.13. The molecule has 9 heteroatoms. The van der Waals surface area contributed by atoms with Crippen LogP contribution in [0.3, 0.4) is 0 Å². The van der Waals surface area contributed by atoms with Crippen LogP contribution in [0.1, 0.15) is 17.0 Å². The smallest absolute Gasteiger partial charge is 0.371 e. The normalized spacial score (nSPS) is 11.3. The van der Waals surface area contributed by atoms with Crippen molar-refractivity contribution >= 4 is 21.9 Å². The number of nitrogens with zero attached hydrogens (tertiary/aromatic N) is 1. The van der Waals surface area contributed by atoms with Crippen molar-refractivity contribution in [3.63, 3.8) is 0 Å². The summed E-state index contributed by atoms with van der Waals surface area (Å²) >= 11 is 0. The number of carbonyl (C=O) groups is 2. The van der Waals surface area contributed by atoms with Crippen LogP contribution in [0.25, 0.3) is 0 Å². The summed E-state index contributed by atoms with van der Waals surface area (Å²) in [6.45, 7) is -0.0948. The second-order valence-electron chi connectivity index (χ2n) is 3.86.